The zero-order valence-corrected chi connectivity index (χ0v) is 14.9. The number of aromatic nitrogens is 1. The van der Waals surface area contributed by atoms with E-state index in [-0.39, 0.29) is 12.5 Å². The Bertz CT molecular complexity index is 489. The summed E-state index contributed by atoms with van der Waals surface area (Å²) in [5, 5.41) is 16.1. The number of ether oxygens (including phenoxy) is 1. The predicted molar refractivity (Wildman–Crippen MR) is 93.1 cm³/mol. The van der Waals surface area contributed by atoms with E-state index >= 15 is 0 Å². The van der Waals surface area contributed by atoms with Crippen molar-refractivity contribution in [2.75, 3.05) is 19.7 Å². The molecular formula is C16H27N3O3S. The number of allylic oxidation sites excluding steroid dienone is 2. The minimum atomic E-state index is -0.606. The SMILES string of the molecule is C/C=C\CCCNC(=O)c1cnc(OCC(O)CNC(C)C)s1. The number of hydrogen-bond acceptors (Lipinski definition) is 6. The lowest BCUT2D eigenvalue weighted by atomic mass is 10.3. The lowest BCUT2D eigenvalue weighted by Crippen LogP contribution is -2.35. The maximum absolute atomic E-state index is 11.9. The standard InChI is InChI=1S/C16H27N3O3S/c1-4-5-6-7-8-17-15(21)14-10-19-16(23-14)22-11-13(20)9-18-12(2)3/h4-5,10,12-13,18,20H,6-9,11H2,1-3H3,(H,17,21)/b5-4-. The van der Waals surface area contributed by atoms with Crippen LogP contribution in [0.4, 0.5) is 0 Å². The largest absolute Gasteiger partial charge is 0.467 e. The maximum Gasteiger partial charge on any atom is 0.273 e. The number of aliphatic hydroxyl groups is 1. The van der Waals surface area contributed by atoms with E-state index in [0.29, 0.717) is 29.2 Å². The van der Waals surface area contributed by atoms with Gasteiger partial charge in [0.2, 0.25) is 0 Å². The Hall–Kier alpha value is -1.44. The topological polar surface area (TPSA) is 83.5 Å². The van der Waals surface area contributed by atoms with Gasteiger partial charge in [0.1, 0.15) is 17.6 Å². The van der Waals surface area contributed by atoms with E-state index in [4.69, 9.17) is 4.74 Å². The van der Waals surface area contributed by atoms with Gasteiger partial charge in [-0.15, -0.1) is 0 Å². The van der Waals surface area contributed by atoms with Crippen molar-refractivity contribution in [2.24, 2.45) is 0 Å². The van der Waals surface area contributed by atoms with Crippen molar-refractivity contribution in [3.8, 4) is 5.19 Å². The molecule has 0 radical (unpaired) electrons. The van der Waals surface area contributed by atoms with Gasteiger partial charge in [-0.05, 0) is 19.8 Å². The molecule has 1 amide bonds. The summed E-state index contributed by atoms with van der Waals surface area (Å²) in [7, 11) is 0. The molecule has 0 aromatic carbocycles. The van der Waals surface area contributed by atoms with E-state index < -0.39 is 6.10 Å². The molecule has 1 heterocycles. The molecule has 1 aromatic heterocycles. The highest BCUT2D eigenvalue weighted by atomic mass is 32.1. The van der Waals surface area contributed by atoms with Crippen molar-refractivity contribution in [1.82, 2.24) is 15.6 Å². The van der Waals surface area contributed by atoms with Crippen LogP contribution in [-0.2, 0) is 0 Å². The van der Waals surface area contributed by atoms with Crippen molar-refractivity contribution < 1.29 is 14.6 Å². The number of amides is 1. The van der Waals surface area contributed by atoms with E-state index in [1.165, 1.54) is 17.5 Å². The van der Waals surface area contributed by atoms with Crippen LogP contribution < -0.4 is 15.4 Å². The molecule has 0 aliphatic rings. The summed E-state index contributed by atoms with van der Waals surface area (Å²) in [4.78, 5) is 16.5. The molecule has 1 unspecified atom stereocenters. The molecular weight excluding hydrogens is 314 g/mol. The fourth-order valence-corrected chi connectivity index (χ4v) is 2.39. The summed E-state index contributed by atoms with van der Waals surface area (Å²) < 4.78 is 5.42. The quantitative estimate of drug-likeness (QED) is 0.423. The number of carbonyl (C=O) groups excluding carboxylic acids is 1. The molecule has 0 saturated heterocycles. The normalized spacial score (nSPS) is 12.7. The molecule has 1 rings (SSSR count). The van der Waals surface area contributed by atoms with E-state index in [9.17, 15) is 9.90 Å². The first-order valence-corrected chi connectivity index (χ1v) is 8.74. The lowest BCUT2D eigenvalue weighted by Gasteiger charge is -2.13. The summed E-state index contributed by atoms with van der Waals surface area (Å²) in [6, 6.07) is 0.313. The van der Waals surface area contributed by atoms with Crippen molar-refractivity contribution in [3.63, 3.8) is 0 Å². The number of thiazole rings is 1. The first-order chi connectivity index (χ1) is 11.0. The van der Waals surface area contributed by atoms with Crippen molar-refractivity contribution in [1.29, 1.82) is 0 Å². The maximum atomic E-state index is 11.9. The van der Waals surface area contributed by atoms with Gasteiger partial charge in [0.25, 0.3) is 11.1 Å². The number of nitrogens with zero attached hydrogens (tertiary/aromatic N) is 1. The number of unbranched alkanes of at least 4 members (excludes halogenated alkanes) is 1. The monoisotopic (exact) mass is 341 g/mol. The first-order valence-electron chi connectivity index (χ1n) is 7.92. The Morgan fingerprint density at radius 2 is 2.30 bits per heavy atom. The van der Waals surface area contributed by atoms with Crippen LogP contribution in [0.3, 0.4) is 0 Å². The number of aliphatic hydroxyl groups excluding tert-OH is 1. The zero-order valence-electron chi connectivity index (χ0n) is 14.0. The van der Waals surface area contributed by atoms with Crippen molar-refractivity contribution in [2.45, 2.75) is 45.8 Å². The van der Waals surface area contributed by atoms with E-state index in [1.54, 1.807) is 0 Å². The van der Waals surface area contributed by atoms with Crippen LogP contribution in [0.1, 0.15) is 43.3 Å². The minimum Gasteiger partial charge on any atom is -0.467 e. The van der Waals surface area contributed by atoms with Crippen LogP contribution >= 0.6 is 11.3 Å². The van der Waals surface area contributed by atoms with Crippen LogP contribution in [-0.4, -0.2) is 47.8 Å². The number of hydrogen-bond donors (Lipinski definition) is 3. The van der Waals surface area contributed by atoms with Gasteiger partial charge in [-0.25, -0.2) is 4.98 Å². The van der Waals surface area contributed by atoms with Crippen LogP contribution in [0.15, 0.2) is 18.3 Å². The highest BCUT2D eigenvalue weighted by Crippen LogP contribution is 2.20. The van der Waals surface area contributed by atoms with Crippen molar-refractivity contribution >= 4 is 17.2 Å². The predicted octanol–water partition coefficient (Wildman–Crippen LogP) is 1.97. The lowest BCUT2D eigenvalue weighted by molar-refractivity contribution is 0.0957. The molecule has 130 valence electrons. The highest BCUT2D eigenvalue weighted by molar-refractivity contribution is 7.15. The smallest absolute Gasteiger partial charge is 0.273 e. The third kappa shape index (κ3) is 8.68. The fraction of sp³-hybridized carbons (Fsp3) is 0.625. The summed E-state index contributed by atoms with van der Waals surface area (Å²) >= 11 is 1.18. The second kappa shape index (κ2) is 11.2. The molecule has 0 saturated carbocycles. The second-order valence-electron chi connectivity index (χ2n) is 5.49. The Morgan fingerprint density at radius 1 is 1.52 bits per heavy atom. The molecule has 0 aliphatic heterocycles. The molecule has 1 atom stereocenters. The first kappa shape index (κ1) is 19.6. The molecule has 0 spiro atoms. The van der Waals surface area contributed by atoms with E-state index in [1.807, 2.05) is 26.8 Å². The van der Waals surface area contributed by atoms with Gasteiger partial charge in [0.15, 0.2) is 0 Å². The van der Waals surface area contributed by atoms with Gasteiger partial charge < -0.3 is 20.5 Å². The fourth-order valence-electron chi connectivity index (χ4n) is 1.70. The Morgan fingerprint density at radius 3 is 3.00 bits per heavy atom. The number of carbonyl (C=O) groups is 1. The molecule has 0 bridgehead atoms. The molecule has 0 fully saturated rings. The third-order valence-corrected chi connectivity index (χ3v) is 3.85. The molecule has 3 N–H and O–H groups in total. The van der Waals surface area contributed by atoms with Crippen LogP contribution in [0.5, 0.6) is 5.19 Å². The molecule has 1 aromatic rings. The summed E-state index contributed by atoms with van der Waals surface area (Å²) in [6.45, 7) is 7.25. The average molecular weight is 341 g/mol. The highest BCUT2D eigenvalue weighted by Gasteiger charge is 2.12. The van der Waals surface area contributed by atoms with E-state index in [0.717, 1.165) is 12.8 Å². The number of rotatable bonds is 11. The summed E-state index contributed by atoms with van der Waals surface area (Å²) in [5.74, 6) is -0.139. The Kier molecular flexibility index (Phi) is 9.51. The zero-order chi connectivity index (χ0) is 17.1. The second-order valence-corrected chi connectivity index (χ2v) is 6.48. The van der Waals surface area contributed by atoms with Gasteiger partial charge in [0, 0.05) is 19.1 Å². The minimum absolute atomic E-state index is 0.139. The Labute approximate surface area is 142 Å². The van der Waals surface area contributed by atoms with Crippen LogP contribution in [0.25, 0.3) is 0 Å². The Balaban J connectivity index is 2.29. The summed E-state index contributed by atoms with van der Waals surface area (Å²) in [6.07, 6.45) is 6.83. The van der Waals surface area contributed by atoms with Gasteiger partial charge in [-0.2, -0.15) is 0 Å². The number of nitrogens with one attached hydrogen (secondary N) is 2. The van der Waals surface area contributed by atoms with Gasteiger partial charge >= 0.3 is 0 Å². The summed E-state index contributed by atoms with van der Waals surface area (Å²) in [5.41, 5.74) is 0. The van der Waals surface area contributed by atoms with Crippen LogP contribution in [0, 0.1) is 0 Å². The molecule has 6 nitrogen and oxygen atoms in total. The third-order valence-electron chi connectivity index (χ3n) is 2.94. The molecule has 23 heavy (non-hydrogen) atoms. The molecule has 7 heteroatoms. The molecule has 0 aliphatic carbocycles. The van der Waals surface area contributed by atoms with Gasteiger partial charge in [0.05, 0.1) is 6.20 Å². The van der Waals surface area contributed by atoms with E-state index in [2.05, 4.69) is 21.7 Å². The average Bonchev–Trinajstić information content (AvgIpc) is 2.99. The van der Waals surface area contributed by atoms with Gasteiger partial charge in [-0.1, -0.05) is 37.3 Å². The van der Waals surface area contributed by atoms with Crippen LogP contribution in [0.2, 0.25) is 0 Å². The van der Waals surface area contributed by atoms with Crippen molar-refractivity contribution in [3.05, 3.63) is 23.2 Å². The van der Waals surface area contributed by atoms with Gasteiger partial charge in [-0.3, -0.25) is 4.79 Å².